The molecule has 0 aliphatic carbocycles. The average Bonchev–Trinajstić information content (AvgIpc) is 3.60. The minimum absolute atomic E-state index is 0.323. The minimum Gasteiger partial charge on any atom is -0.380 e. The monoisotopic (exact) mass is 473 g/mol. The van der Waals surface area contributed by atoms with E-state index in [0.29, 0.717) is 18.0 Å². The molecule has 0 radical (unpaired) electrons. The molecule has 0 saturated carbocycles. The summed E-state index contributed by atoms with van der Waals surface area (Å²) in [5.74, 6) is 1.39. The number of pyridine rings is 2. The van der Waals surface area contributed by atoms with Gasteiger partial charge in [-0.15, -0.1) is 0 Å². The van der Waals surface area contributed by atoms with Crippen molar-refractivity contribution in [3.05, 3.63) is 41.3 Å². The minimum atomic E-state index is 0.323. The Morgan fingerprint density at radius 2 is 2.00 bits per heavy atom. The van der Waals surface area contributed by atoms with Crippen molar-refractivity contribution in [3.63, 3.8) is 0 Å². The first kappa shape index (κ1) is 22.5. The molecule has 0 spiro atoms. The third-order valence-corrected chi connectivity index (χ3v) is 8.01. The van der Waals surface area contributed by atoms with E-state index >= 15 is 0 Å². The molecule has 0 aromatic carbocycles. The molecule has 2 aliphatic heterocycles. The van der Waals surface area contributed by atoms with Crippen molar-refractivity contribution in [2.45, 2.75) is 59.0 Å². The van der Waals surface area contributed by atoms with Crippen LogP contribution in [0.3, 0.4) is 0 Å². The van der Waals surface area contributed by atoms with Crippen molar-refractivity contribution >= 4 is 22.5 Å². The van der Waals surface area contributed by atoms with E-state index in [0.717, 1.165) is 78.6 Å². The van der Waals surface area contributed by atoms with Crippen molar-refractivity contribution in [1.29, 1.82) is 0 Å². The van der Waals surface area contributed by atoms with Gasteiger partial charge in [0.2, 0.25) is 0 Å². The number of H-pyrrole nitrogens is 1. The maximum Gasteiger partial charge on any atom is 0.158 e. The third kappa shape index (κ3) is 3.70. The summed E-state index contributed by atoms with van der Waals surface area (Å²) in [6, 6.07) is 5.36. The Bertz CT molecular complexity index is 1380. The average molecular weight is 474 g/mol. The van der Waals surface area contributed by atoms with Crippen LogP contribution in [0.4, 0.5) is 5.82 Å². The topological polar surface area (TPSA) is 74.6 Å². The molecule has 1 N–H and O–H groups in total. The van der Waals surface area contributed by atoms with Crippen LogP contribution in [0.25, 0.3) is 27.9 Å². The van der Waals surface area contributed by atoms with E-state index in [9.17, 15) is 0 Å². The van der Waals surface area contributed by atoms with Gasteiger partial charge in [0.25, 0.3) is 0 Å². The van der Waals surface area contributed by atoms with Gasteiger partial charge in [-0.05, 0) is 56.4 Å². The summed E-state index contributed by atoms with van der Waals surface area (Å²) >= 11 is 0. The number of anilines is 1. The molecule has 2 fully saturated rings. The van der Waals surface area contributed by atoms with E-state index in [1.807, 2.05) is 4.52 Å². The molecule has 4 aromatic heterocycles. The van der Waals surface area contributed by atoms with Gasteiger partial charge in [0.1, 0.15) is 12.1 Å². The second kappa shape index (κ2) is 8.60. The highest BCUT2D eigenvalue weighted by Gasteiger charge is 2.31. The zero-order chi connectivity index (χ0) is 24.3. The molecular formula is C27H35N7O. The molecule has 6 rings (SSSR count). The van der Waals surface area contributed by atoms with Gasteiger partial charge in [-0.1, -0.05) is 13.8 Å². The van der Waals surface area contributed by atoms with Crippen LogP contribution < -0.4 is 4.90 Å². The Kier molecular flexibility index (Phi) is 5.53. The number of rotatable bonds is 4. The lowest BCUT2D eigenvalue weighted by Crippen LogP contribution is -2.55. The fourth-order valence-corrected chi connectivity index (χ4v) is 5.93. The van der Waals surface area contributed by atoms with Crippen LogP contribution >= 0.6 is 0 Å². The van der Waals surface area contributed by atoms with Gasteiger partial charge < -0.3 is 14.6 Å². The van der Waals surface area contributed by atoms with Gasteiger partial charge in [0, 0.05) is 55.6 Å². The summed E-state index contributed by atoms with van der Waals surface area (Å²) in [5, 5.41) is 4.41. The molecule has 4 aromatic rings. The highest BCUT2D eigenvalue weighted by Crippen LogP contribution is 2.38. The third-order valence-electron chi connectivity index (χ3n) is 8.01. The van der Waals surface area contributed by atoms with Gasteiger partial charge >= 0.3 is 0 Å². The van der Waals surface area contributed by atoms with Crippen LogP contribution in [-0.4, -0.2) is 74.4 Å². The molecular weight excluding hydrogens is 438 g/mol. The number of piperazine rings is 1. The number of nitrogens with zero attached hydrogens (tertiary/aromatic N) is 6. The van der Waals surface area contributed by atoms with E-state index in [4.69, 9.17) is 9.72 Å². The van der Waals surface area contributed by atoms with E-state index < -0.39 is 0 Å². The number of hydrogen-bond acceptors (Lipinski definition) is 6. The molecule has 2 saturated heterocycles. The summed E-state index contributed by atoms with van der Waals surface area (Å²) in [6.45, 7) is 16.0. The second-order valence-corrected chi connectivity index (χ2v) is 10.5. The second-order valence-electron chi connectivity index (χ2n) is 10.5. The van der Waals surface area contributed by atoms with E-state index in [2.05, 4.69) is 77.8 Å². The maximum absolute atomic E-state index is 5.63. The first-order valence-corrected chi connectivity index (χ1v) is 12.8. The molecule has 0 bridgehead atoms. The summed E-state index contributed by atoms with van der Waals surface area (Å²) in [7, 11) is 0. The number of aromatic nitrogens is 5. The van der Waals surface area contributed by atoms with Crippen molar-refractivity contribution in [2.75, 3.05) is 37.7 Å². The zero-order valence-corrected chi connectivity index (χ0v) is 21.4. The Balaban J connectivity index is 1.39. The van der Waals surface area contributed by atoms with E-state index in [1.54, 1.807) is 6.33 Å². The van der Waals surface area contributed by atoms with Crippen LogP contribution in [0.2, 0.25) is 0 Å². The number of hydrogen-bond donors (Lipinski definition) is 1. The summed E-state index contributed by atoms with van der Waals surface area (Å²) in [5.41, 5.74) is 8.99. The number of nitrogens with one attached hydrogen (secondary N) is 1. The molecule has 8 heteroatoms. The predicted molar refractivity (Wildman–Crippen MR) is 139 cm³/mol. The SMILES string of the molecule is Cc1c(-c2[nH]c3ccc(N4CCN(C5CCOC5)C[C@@H]4C)nc3c2C(C)C)cn2ncnc2c1C. The number of ether oxygens (including phenoxy) is 1. The maximum atomic E-state index is 5.63. The number of aromatic amines is 1. The standard InChI is InChI=1S/C27H35N7O/c1-16(2)24-25(21-13-34-27(28-15-29-34)19(5)18(21)4)30-22-6-7-23(31-26(22)24)33-10-9-32(12-17(33)3)20-8-11-35-14-20/h6-7,13,15-17,20,30H,8-12,14H2,1-5H3/t17-,20?/m0/s1. The van der Waals surface area contributed by atoms with Crippen LogP contribution in [0, 0.1) is 13.8 Å². The molecule has 184 valence electrons. The molecule has 2 aliphatic rings. The van der Waals surface area contributed by atoms with Gasteiger partial charge in [-0.25, -0.2) is 14.5 Å². The predicted octanol–water partition coefficient (Wildman–Crippen LogP) is 4.31. The van der Waals surface area contributed by atoms with Gasteiger partial charge in [-0.3, -0.25) is 4.90 Å². The number of aryl methyl sites for hydroxylation is 1. The van der Waals surface area contributed by atoms with Crippen LogP contribution in [0.1, 0.15) is 49.8 Å². The van der Waals surface area contributed by atoms with Crippen LogP contribution in [-0.2, 0) is 4.74 Å². The lowest BCUT2D eigenvalue weighted by Gasteiger charge is -2.42. The fourth-order valence-electron chi connectivity index (χ4n) is 5.93. The van der Waals surface area contributed by atoms with Gasteiger partial charge in [-0.2, -0.15) is 5.10 Å². The lowest BCUT2D eigenvalue weighted by molar-refractivity contribution is 0.128. The van der Waals surface area contributed by atoms with Crippen LogP contribution in [0.5, 0.6) is 0 Å². The molecule has 2 atom stereocenters. The Morgan fingerprint density at radius 1 is 1.14 bits per heavy atom. The molecule has 35 heavy (non-hydrogen) atoms. The van der Waals surface area contributed by atoms with E-state index in [-0.39, 0.29) is 0 Å². The summed E-state index contributed by atoms with van der Waals surface area (Å²) in [6.07, 6.45) is 4.87. The van der Waals surface area contributed by atoms with Crippen LogP contribution in [0.15, 0.2) is 24.7 Å². The number of fused-ring (bicyclic) bond motifs is 2. The molecule has 8 nitrogen and oxygen atoms in total. The van der Waals surface area contributed by atoms with Gasteiger partial charge in [0.05, 0.1) is 23.3 Å². The Labute approximate surface area is 206 Å². The molecule has 6 heterocycles. The largest absolute Gasteiger partial charge is 0.380 e. The molecule has 0 amide bonds. The first-order chi connectivity index (χ1) is 16.9. The lowest BCUT2D eigenvalue weighted by atomic mass is 9.95. The zero-order valence-electron chi connectivity index (χ0n) is 21.4. The normalized spacial score (nSPS) is 21.7. The Morgan fingerprint density at radius 3 is 2.74 bits per heavy atom. The highest BCUT2D eigenvalue weighted by atomic mass is 16.5. The fraction of sp³-hybridized carbons (Fsp3) is 0.519. The van der Waals surface area contributed by atoms with Crippen molar-refractivity contribution in [3.8, 4) is 11.3 Å². The van der Waals surface area contributed by atoms with Crippen molar-refractivity contribution < 1.29 is 4.74 Å². The first-order valence-electron chi connectivity index (χ1n) is 12.8. The highest BCUT2D eigenvalue weighted by molar-refractivity contribution is 5.90. The quantitative estimate of drug-likeness (QED) is 0.476. The van der Waals surface area contributed by atoms with Crippen molar-refractivity contribution in [2.24, 2.45) is 0 Å². The van der Waals surface area contributed by atoms with E-state index in [1.165, 1.54) is 11.1 Å². The summed E-state index contributed by atoms with van der Waals surface area (Å²) in [4.78, 5) is 18.5. The van der Waals surface area contributed by atoms with Gasteiger partial charge in [0.15, 0.2) is 5.65 Å². The Hall–Kier alpha value is -2.97. The smallest absolute Gasteiger partial charge is 0.158 e. The summed E-state index contributed by atoms with van der Waals surface area (Å²) < 4.78 is 7.51. The molecule has 1 unspecified atom stereocenters. The van der Waals surface area contributed by atoms with Crippen molar-refractivity contribution in [1.82, 2.24) is 29.5 Å².